The van der Waals surface area contributed by atoms with Gasteiger partial charge >= 0.3 is 0 Å². The SMILES string of the molecule is COCCN(C(C)CC(C)(N)CO)C1CC1. The molecule has 0 aliphatic heterocycles. The Morgan fingerprint density at radius 3 is 2.62 bits per heavy atom. The molecule has 0 heterocycles. The van der Waals surface area contributed by atoms with Crippen molar-refractivity contribution < 1.29 is 9.84 Å². The average Bonchev–Trinajstić information content (AvgIpc) is 3.02. The van der Waals surface area contributed by atoms with Gasteiger partial charge in [0.25, 0.3) is 0 Å². The largest absolute Gasteiger partial charge is 0.394 e. The molecule has 2 unspecified atom stereocenters. The van der Waals surface area contributed by atoms with Crippen LogP contribution >= 0.6 is 0 Å². The second kappa shape index (κ2) is 5.96. The van der Waals surface area contributed by atoms with E-state index >= 15 is 0 Å². The van der Waals surface area contributed by atoms with Crippen LogP contribution in [0.2, 0.25) is 0 Å². The number of aliphatic hydroxyl groups is 1. The van der Waals surface area contributed by atoms with E-state index in [2.05, 4.69) is 11.8 Å². The molecule has 0 spiro atoms. The van der Waals surface area contributed by atoms with E-state index < -0.39 is 5.54 Å². The second-order valence-corrected chi connectivity index (χ2v) is 5.33. The summed E-state index contributed by atoms with van der Waals surface area (Å²) in [6, 6.07) is 1.12. The fourth-order valence-electron chi connectivity index (χ4n) is 2.22. The maximum Gasteiger partial charge on any atom is 0.0609 e. The second-order valence-electron chi connectivity index (χ2n) is 5.33. The summed E-state index contributed by atoms with van der Waals surface area (Å²) in [6.07, 6.45) is 3.40. The summed E-state index contributed by atoms with van der Waals surface area (Å²) in [6.45, 7) is 5.87. The van der Waals surface area contributed by atoms with Crippen molar-refractivity contribution in [2.45, 2.75) is 50.7 Å². The number of rotatable bonds is 8. The first-order chi connectivity index (χ1) is 7.50. The molecule has 0 amide bonds. The lowest BCUT2D eigenvalue weighted by atomic mass is 9.95. The lowest BCUT2D eigenvalue weighted by molar-refractivity contribution is 0.0952. The van der Waals surface area contributed by atoms with Crippen molar-refractivity contribution in [1.29, 1.82) is 0 Å². The van der Waals surface area contributed by atoms with Gasteiger partial charge in [-0.3, -0.25) is 4.90 Å². The molecule has 1 aliphatic carbocycles. The Morgan fingerprint density at radius 2 is 2.19 bits per heavy atom. The summed E-state index contributed by atoms with van der Waals surface area (Å²) in [5, 5.41) is 9.19. The van der Waals surface area contributed by atoms with E-state index in [9.17, 15) is 5.11 Å². The lowest BCUT2D eigenvalue weighted by Gasteiger charge is -2.34. The van der Waals surface area contributed by atoms with Gasteiger partial charge in [-0.25, -0.2) is 0 Å². The highest BCUT2D eigenvalue weighted by molar-refractivity contribution is 4.91. The first-order valence-electron chi connectivity index (χ1n) is 6.14. The molecule has 0 radical (unpaired) electrons. The molecule has 0 saturated heterocycles. The van der Waals surface area contributed by atoms with Gasteiger partial charge in [-0.2, -0.15) is 0 Å². The molecule has 96 valence electrons. The van der Waals surface area contributed by atoms with E-state index in [0.29, 0.717) is 12.1 Å². The minimum absolute atomic E-state index is 0.0418. The Bertz CT molecular complexity index is 205. The van der Waals surface area contributed by atoms with Crippen LogP contribution < -0.4 is 5.73 Å². The van der Waals surface area contributed by atoms with E-state index in [4.69, 9.17) is 10.5 Å². The predicted octanol–water partition coefficient (Wildman–Crippen LogP) is 0.586. The van der Waals surface area contributed by atoms with Crippen LogP contribution in [-0.2, 0) is 4.74 Å². The first-order valence-corrected chi connectivity index (χ1v) is 6.14. The van der Waals surface area contributed by atoms with Gasteiger partial charge in [0.1, 0.15) is 0 Å². The van der Waals surface area contributed by atoms with Crippen molar-refractivity contribution in [3.63, 3.8) is 0 Å². The monoisotopic (exact) mass is 230 g/mol. The van der Waals surface area contributed by atoms with Gasteiger partial charge in [0, 0.05) is 31.3 Å². The van der Waals surface area contributed by atoms with Crippen molar-refractivity contribution in [2.24, 2.45) is 5.73 Å². The van der Waals surface area contributed by atoms with E-state index in [1.807, 2.05) is 6.92 Å². The molecule has 1 aliphatic rings. The van der Waals surface area contributed by atoms with Gasteiger partial charge in [0.15, 0.2) is 0 Å². The van der Waals surface area contributed by atoms with Crippen molar-refractivity contribution in [1.82, 2.24) is 4.90 Å². The number of aliphatic hydroxyl groups excluding tert-OH is 1. The standard InChI is InChI=1S/C12H26N2O2/c1-10(8-12(2,13)9-15)14(6-7-16-3)11-4-5-11/h10-11,15H,4-9,13H2,1-3H3. The fourth-order valence-corrected chi connectivity index (χ4v) is 2.22. The van der Waals surface area contributed by atoms with Crippen LogP contribution in [0.15, 0.2) is 0 Å². The van der Waals surface area contributed by atoms with Crippen LogP contribution in [0.1, 0.15) is 33.1 Å². The molecule has 3 N–H and O–H groups in total. The number of hydrogen-bond acceptors (Lipinski definition) is 4. The first kappa shape index (κ1) is 13.9. The Morgan fingerprint density at radius 1 is 1.56 bits per heavy atom. The third-order valence-corrected chi connectivity index (χ3v) is 3.26. The highest BCUT2D eigenvalue weighted by atomic mass is 16.5. The third-order valence-electron chi connectivity index (χ3n) is 3.26. The van der Waals surface area contributed by atoms with Crippen molar-refractivity contribution in [2.75, 3.05) is 26.9 Å². The fraction of sp³-hybridized carbons (Fsp3) is 1.00. The van der Waals surface area contributed by atoms with Gasteiger partial charge in [0.2, 0.25) is 0 Å². The maximum absolute atomic E-state index is 9.19. The molecular formula is C12H26N2O2. The minimum atomic E-state index is -0.473. The van der Waals surface area contributed by atoms with Gasteiger partial charge in [0.05, 0.1) is 13.2 Å². The Labute approximate surface area is 98.8 Å². The van der Waals surface area contributed by atoms with Gasteiger partial charge in [-0.1, -0.05) is 0 Å². The summed E-state index contributed by atoms with van der Waals surface area (Å²) < 4.78 is 5.13. The predicted molar refractivity (Wildman–Crippen MR) is 65.4 cm³/mol. The van der Waals surface area contributed by atoms with Crippen LogP contribution in [0.5, 0.6) is 0 Å². The zero-order chi connectivity index (χ0) is 12.2. The van der Waals surface area contributed by atoms with Crippen molar-refractivity contribution in [3.8, 4) is 0 Å². The topological polar surface area (TPSA) is 58.7 Å². The van der Waals surface area contributed by atoms with Gasteiger partial charge < -0.3 is 15.6 Å². The molecule has 0 bridgehead atoms. The number of nitrogens with zero attached hydrogens (tertiary/aromatic N) is 1. The molecule has 1 fully saturated rings. The van der Waals surface area contributed by atoms with E-state index in [0.717, 1.165) is 19.6 Å². The smallest absolute Gasteiger partial charge is 0.0609 e. The molecule has 16 heavy (non-hydrogen) atoms. The average molecular weight is 230 g/mol. The molecule has 4 heteroatoms. The summed E-state index contributed by atoms with van der Waals surface area (Å²) in [4.78, 5) is 2.46. The van der Waals surface area contributed by atoms with Crippen LogP contribution in [0.25, 0.3) is 0 Å². The number of hydrogen-bond donors (Lipinski definition) is 2. The number of methoxy groups -OCH3 is 1. The minimum Gasteiger partial charge on any atom is -0.394 e. The number of ether oxygens (including phenoxy) is 1. The molecule has 0 aromatic heterocycles. The van der Waals surface area contributed by atoms with Crippen LogP contribution in [0.4, 0.5) is 0 Å². The zero-order valence-electron chi connectivity index (χ0n) is 10.8. The normalized spacial score (nSPS) is 22.1. The van der Waals surface area contributed by atoms with Gasteiger partial charge in [-0.15, -0.1) is 0 Å². The lowest BCUT2D eigenvalue weighted by Crippen LogP contribution is -2.48. The molecule has 1 saturated carbocycles. The quantitative estimate of drug-likeness (QED) is 0.640. The van der Waals surface area contributed by atoms with Crippen LogP contribution in [0, 0.1) is 0 Å². The summed E-state index contributed by atoms with van der Waals surface area (Å²) >= 11 is 0. The summed E-state index contributed by atoms with van der Waals surface area (Å²) in [5.41, 5.74) is 5.52. The molecule has 1 rings (SSSR count). The molecule has 2 atom stereocenters. The number of nitrogens with two attached hydrogens (primary N) is 1. The molecule has 4 nitrogen and oxygen atoms in total. The van der Waals surface area contributed by atoms with Crippen molar-refractivity contribution >= 4 is 0 Å². The van der Waals surface area contributed by atoms with Crippen LogP contribution in [-0.4, -0.2) is 54.5 Å². The van der Waals surface area contributed by atoms with E-state index in [1.165, 1.54) is 12.8 Å². The Kier molecular flexibility index (Phi) is 5.18. The highest BCUT2D eigenvalue weighted by Crippen LogP contribution is 2.30. The van der Waals surface area contributed by atoms with Gasteiger partial charge in [-0.05, 0) is 33.1 Å². The summed E-state index contributed by atoms with van der Waals surface area (Å²) in [7, 11) is 1.73. The molecular weight excluding hydrogens is 204 g/mol. The Balaban J connectivity index is 2.43. The van der Waals surface area contributed by atoms with E-state index in [1.54, 1.807) is 7.11 Å². The van der Waals surface area contributed by atoms with Crippen LogP contribution in [0.3, 0.4) is 0 Å². The highest BCUT2D eigenvalue weighted by Gasteiger charge is 2.34. The third kappa shape index (κ3) is 4.37. The summed E-state index contributed by atoms with van der Waals surface area (Å²) in [5.74, 6) is 0. The maximum atomic E-state index is 9.19. The Hall–Kier alpha value is -0.160. The molecule has 0 aromatic rings. The zero-order valence-corrected chi connectivity index (χ0v) is 10.8. The molecule has 0 aromatic carbocycles. The van der Waals surface area contributed by atoms with E-state index in [-0.39, 0.29) is 6.61 Å². The van der Waals surface area contributed by atoms with Crippen molar-refractivity contribution in [3.05, 3.63) is 0 Å².